The summed E-state index contributed by atoms with van der Waals surface area (Å²) in [5.74, 6) is 0.605. The van der Waals surface area contributed by atoms with E-state index in [9.17, 15) is 0 Å². The van der Waals surface area contributed by atoms with E-state index in [-0.39, 0.29) is 0 Å². The van der Waals surface area contributed by atoms with Gasteiger partial charge < -0.3 is 4.74 Å². The molecule has 6 nitrogen and oxygen atoms in total. The van der Waals surface area contributed by atoms with Crippen molar-refractivity contribution in [3.63, 3.8) is 0 Å². The van der Waals surface area contributed by atoms with Gasteiger partial charge in [0.1, 0.15) is 12.9 Å². The number of aliphatic imine (C=N–C) groups is 1. The van der Waals surface area contributed by atoms with Gasteiger partial charge in [0.15, 0.2) is 0 Å². The van der Waals surface area contributed by atoms with E-state index in [0.29, 0.717) is 18.2 Å². The Bertz CT molecular complexity index is 388. The highest BCUT2D eigenvalue weighted by molar-refractivity contribution is 5.59. The molecule has 1 saturated heterocycles. The first-order chi connectivity index (χ1) is 9.38. The standard InChI is InChI=1S/C13H20N4O2/c18-16-11-15-12-4-5-13(14-10-12)19-9-8-17-6-2-1-3-7-17/h4-5,10-11,18H,1-3,6-9H2,(H,15,16). The van der Waals surface area contributed by atoms with Gasteiger partial charge in [0, 0.05) is 12.6 Å². The average Bonchev–Trinajstić information content (AvgIpc) is 2.47. The van der Waals surface area contributed by atoms with Crippen molar-refractivity contribution in [1.82, 2.24) is 15.4 Å². The van der Waals surface area contributed by atoms with Crippen LogP contribution in [0.15, 0.2) is 23.3 Å². The van der Waals surface area contributed by atoms with Crippen LogP contribution in [0.25, 0.3) is 0 Å². The van der Waals surface area contributed by atoms with Crippen LogP contribution in [0, 0.1) is 0 Å². The van der Waals surface area contributed by atoms with E-state index in [1.54, 1.807) is 18.3 Å². The van der Waals surface area contributed by atoms with Gasteiger partial charge in [0.25, 0.3) is 0 Å². The summed E-state index contributed by atoms with van der Waals surface area (Å²) in [5.41, 5.74) is 2.50. The Balaban J connectivity index is 1.71. The Morgan fingerprint density at radius 2 is 2.21 bits per heavy atom. The van der Waals surface area contributed by atoms with E-state index in [2.05, 4.69) is 14.9 Å². The minimum atomic E-state index is 0.605. The molecular weight excluding hydrogens is 244 g/mol. The quantitative estimate of drug-likeness (QED) is 0.464. The predicted octanol–water partition coefficient (Wildman–Crippen LogP) is 1.58. The number of pyridine rings is 1. The fourth-order valence-corrected chi connectivity index (χ4v) is 2.10. The molecule has 1 fully saturated rings. The molecule has 0 spiro atoms. The van der Waals surface area contributed by atoms with Crippen LogP contribution in [0.5, 0.6) is 5.88 Å². The second-order valence-electron chi connectivity index (χ2n) is 4.49. The van der Waals surface area contributed by atoms with Gasteiger partial charge in [-0.05, 0) is 32.0 Å². The summed E-state index contributed by atoms with van der Waals surface area (Å²) in [4.78, 5) is 10.5. The molecule has 0 amide bonds. The van der Waals surface area contributed by atoms with Crippen molar-refractivity contribution < 1.29 is 9.94 Å². The lowest BCUT2D eigenvalue weighted by Crippen LogP contribution is -2.33. The van der Waals surface area contributed by atoms with E-state index in [0.717, 1.165) is 6.54 Å². The summed E-state index contributed by atoms with van der Waals surface area (Å²) in [5, 5.41) is 8.37. The zero-order valence-corrected chi connectivity index (χ0v) is 11.0. The van der Waals surface area contributed by atoms with Crippen LogP contribution < -0.4 is 10.2 Å². The first kappa shape index (κ1) is 13.8. The van der Waals surface area contributed by atoms with Crippen LogP contribution in [0.3, 0.4) is 0 Å². The maximum Gasteiger partial charge on any atom is 0.213 e. The van der Waals surface area contributed by atoms with Crippen molar-refractivity contribution in [2.45, 2.75) is 19.3 Å². The number of hydroxylamine groups is 1. The molecule has 0 atom stereocenters. The molecule has 0 bridgehead atoms. The van der Waals surface area contributed by atoms with Crippen molar-refractivity contribution in [3.05, 3.63) is 18.3 Å². The molecule has 104 valence electrons. The fourth-order valence-electron chi connectivity index (χ4n) is 2.10. The first-order valence-electron chi connectivity index (χ1n) is 6.62. The molecule has 0 saturated carbocycles. The van der Waals surface area contributed by atoms with Crippen LogP contribution in [0.1, 0.15) is 19.3 Å². The number of rotatable bonds is 6. The Kier molecular flexibility index (Phi) is 5.58. The highest BCUT2D eigenvalue weighted by Crippen LogP contribution is 2.14. The van der Waals surface area contributed by atoms with E-state index < -0.39 is 0 Å². The molecule has 0 unspecified atom stereocenters. The maximum absolute atomic E-state index is 8.37. The van der Waals surface area contributed by atoms with Gasteiger partial charge in [-0.3, -0.25) is 15.6 Å². The largest absolute Gasteiger partial charge is 0.476 e. The highest BCUT2D eigenvalue weighted by atomic mass is 16.5. The Morgan fingerprint density at radius 3 is 2.89 bits per heavy atom. The molecule has 1 aromatic heterocycles. The van der Waals surface area contributed by atoms with Crippen molar-refractivity contribution in [2.75, 3.05) is 26.2 Å². The second kappa shape index (κ2) is 7.70. The molecule has 2 rings (SSSR count). The van der Waals surface area contributed by atoms with Gasteiger partial charge >= 0.3 is 0 Å². The van der Waals surface area contributed by atoms with E-state index >= 15 is 0 Å². The van der Waals surface area contributed by atoms with E-state index in [1.165, 1.54) is 38.7 Å². The van der Waals surface area contributed by atoms with Gasteiger partial charge in [0.05, 0.1) is 11.9 Å². The number of nitrogens with one attached hydrogen (secondary N) is 1. The third-order valence-corrected chi connectivity index (χ3v) is 3.10. The molecule has 1 aliphatic rings. The Labute approximate surface area is 113 Å². The molecule has 2 N–H and O–H groups in total. The van der Waals surface area contributed by atoms with Crippen molar-refractivity contribution >= 4 is 12.0 Å². The average molecular weight is 264 g/mol. The van der Waals surface area contributed by atoms with E-state index in [4.69, 9.17) is 9.94 Å². The summed E-state index contributed by atoms with van der Waals surface area (Å²) in [7, 11) is 0. The van der Waals surface area contributed by atoms with Crippen LogP contribution in [-0.4, -0.2) is 47.7 Å². The van der Waals surface area contributed by atoms with Gasteiger partial charge in [-0.25, -0.2) is 9.98 Å². The monoisotopic (exact) mass is 264 g/mol. The number of nitrogens with zero attached hydrogens (tertiary/aromatic N) is 3. The molecule has 0 radical (unpaired) electrons. The van der Waals surface area contributed by atoms with E-state index in [1.807, 2.05) is 5.48 Å². The van der Waals surface area contributed by atoms with Crippen LogP contribution in [0.4, 0.5) is 5.69 Å². The van der Waals surface area contributed by atoms with Crippen molar-refractivity contribution in [3.8, 4) is 5.88 Å². The van der Waals surface area contributed by atoms with Crippen LogP contribution >= 0.6 is 0 Å². The Hall–Kier alpha value is -1.66. The molecule has 1 aromatic rings. The summed E-state index contributed by atoms with van der Waals surface area (Å²) in [6, 6.07) is 3.57. The SMILES string of the molecule is ONC=Nc1ccc(OCCN2CCCCC2)nc1. The van der Waals surface area contributed by atoms with Gasteiger partial charge in [-0.1, -0.05) is 6.42 Å². The summed E-state index contributed by atoms with van der Waals surface area (Å²) < 4.78 is 5.60. The molecule has 6 heteroatoms. The maximum atomic E-state index is 8.37. The molecule has 0 aromatic carbocycles. The zero-order chi connectivity index (χ0) is 13.3. The number of piperidine rings is 1. The summed E-state index contributed by atoms with van der Waals surface area (Å²) in [6.07, 6.45) is 6.73. The lowest BCUT2D eigenvalue weighted by molar-refractivity contribution is 0.180. The summed E-state index contributed by atoms with van der Waals surface area (Å²) >= 11 is 0. The normalized spacial score (nSPS) is 16.7. The first-order valence-corrected chi connectivity index (χ1v) is 6.62. The third-order valence-electron chi connectivity index (χ3n) is 3.10. The predicted molar refractivity (Wildman–Crippen MR) is 73.1 cm³/mol. The van der Waals surface area contributed by atoms with Gasteiger partial charge in [0.2, 0.25) is 5.88 Å². The van der Waals surface area contributed by atoms with Crippen LogP contribution in [-0.2, 0) is 0 Å². The molecule has 2 heterocycles. The molecule has 1 aliphatic heterocycles. The number of hydrogen-bond acceptors (Lipinski definition) is 5. The minimum Gasteiger partial charge on any atom is -0.476 e. The number of aromatic nitrogens is 1. The van der Waals surface area contributed by atoms with Crippen molar-refractivity contribution in [1.29, 1.82) is 0 Å². The minimum absolute atomic E-state index is 0.605. The second-order valence-corrected chi connectivity index (χ2v) is 4.49. The summed E-state index contributed by atoms with van der Waals surface area (Å²) in [6.45, 7) is 3.97. The van der Waals surface area contributed by atoms with Gasteiger partial charge in [-0.2, -0.15) is 0 Å². The lowest BCUT2D eigenvalue weighted by Gasteiger charge is -2.25. The Morgan fingerprint density at radius 1 is 1.37 bits per heavy atom. The van der Waals surface area contributed by atoms with Gasteiger partial charge in [-0.15, -0.1) is 0 Å². The molecule has 19 heavy (non-hydrogen) atoms. The van der Waals surface area contributed by atoms with Crippen LogP contribution in [0.2, 0.25) is 0 Å². The number of likely N-dealkylation sites (tertiary alicyclic amines) is 1. The highest BCUT2D eigenvalue weighted by Gasteiger charge is 2.09. The smallest absolute Gasteiger partial charge is 0.213 e. The number of hydrogen-bond donors (Lipinski definition) is 2. The topological polar surface area (TPSA) is 70.0 Å². The third kappa shape index (κ3) is 4.84. The van der Waals surface area contributed by atoms with Crippen molar-refractivity contribution in [2.24, 2.45) is 4.99 Å². The lowest BCUT2D eigenvalue weighted by atomic mass is 10.1. The fraction of sp³-hybridized carbons (Fsp3) is 0.538. The number of ether oxygens (including phenoxy) is 1. The molecular formula is C13H20N4O2. The molecule has 0 aliphatic carbocycles. The zero-order valence-electron chi connectivity index (χ0n) is 11.0.